The zero-order valence-corrected chi connectivity index (χ0v) is 20.1. The lowest BCUT2D eigenvalue weighted by Crippen LogP contribution is -2.38. The van der Waals surface area contributed by atoms with Gasteiger partial charge >= 0.3 is 0 Å². The van der Waals surface area contributed by atoms with Crippen LogP contribution in [0, 0.1) is 0 Å². The van der Waals surface area contributed by atoms with E-state index in [1.807, 2.05) is 30.5 Å². The Balaban J connectivity index is 0.000000247. The number of nitrogens with one attached hydrogen (secondary N) is 2. The van der Waals surface area contributed by atoms with Crippen molar-refractivity contribution in [3.05, 3.63) is 102 Å². The summed E-state index contributed by atoms with van der Waals surface area (Å²) in [5.74, 6) is 0.0433. The summed E-state index contributed by atoms with van der Waals surface area (Å²) < 4.78 is 6.72. The van der Waals surface area contributed by atoms with E-state index >= 15 is 0 Å². The van der Waals surface area contributed by atoms with Gasteiger partial charge in [0.1, 0.15) is 12.0 Å². The molecular formula is C26H22ClN7O2. The number of benzene rings is 2. The number of nitrogens with zero attached hydrogens (tertiary/aromatic N) is 5. The maximum absolute atomic E-state index is 12.7. The van der Waals surface area contributed by atoms with E-state index in [2.05, 4.69) is 43.7 Å². The van der Waals surface area contributed by atoms with Crippen molar-refractivity contribution in [2.45, 2.75) is 0 Å². The highest BCUT2D eigenvalue weighted by molar-refractivity contribution is 6.30. The number of aromatic nitrogens is 5. The molecule has 6 rings (SSSR count). The van der Waals surface area contributed by atoms with Crippen LogP contribution in [-0.4, -0.2) is 42.4 Å². The van der Waals surface area contributed by atoms with Crippen molar-refractivity contribution in [1.29, 1.82) is 0 Å². The Hall–Kier alpha value is -4.63. The molecule has 4 heterocycles. The predicted molar refractivity (Wildman–Crippen MR) is 137 cm³/mol. The second kappa shape index (κ2) is 10.3. The number of carbonyl (C=O) groups is 1. The van der Waals surface area contributed by atoms with E-state index in [1.165, 1.54) is 22.2 Å². The van der Waals surface area contributed by atoms with Crippen LogP contribution in [0.5, 0.6) is 0 Å². The molecule has 1 aliphatic heterocycles. The van der Waals surface area contributed by atoms with E-state index < -0.39 is 0 Å². The third-order valence-electron chi connectivity index (χ3n) is 5.32. The Morgan fingerprint density at radius 2 is 1.92 bits per heavy atom. The Bertz CT molecular complexity index is 1490. The number of H-pyrrole nitrogens is 1. The number of carbonyl (C=O) groups excluding carboxylic acids is 1. The smallest absolute Gasteiger partial charge is 0.288 e. The van der Waals surface area contributed by atoms with Gasteiger partial charge in [0.2, 0.25) is 0 Å². The Morgan fingerprint density at radius 3 is 2.64 bits per heavy atom. The average Bonchev–Trinajstić information content (AvgIpc) is 3.67. The third kappa shape index (κ3) is 5.37. The fourth-order valence-electron chi connectivity index (χ4n) is 3.53. The molecule has 0 bridgehead atoms. The lowest BCUT2D eigenvalue weighted by atomic mass is 10.1. The molecule has 36 heavy (non-hydrogen) atoms. The van der Waals surface area contributed by atoms with Crippen LogP contribution in [0.2, 0.25) is 5.02 Å². The quantitative estimate of drug-likeness (QED) is 0.369. The van der Waals surface area contributed by atoms with E-state index in [9.17, 15) is 4.79 Å². The molecular weight excluding hydrogens is 478 g/mol. The van der Waals surface area contributed by atoms with Gasteiger partial charge in [0, 0.05) is 35.5 Å². The average molecular weight is 500 g/mol. The minimum Gasteiger partial charge on any atom is -0.477 e. The molecule has 0 saturated carbocycles. The van der Waals surface area contributed by atoms with Gasteiger partial charge < -0.3 is 9.72 Å². The van der Waals surface area contributed by atoms with Crippen LogP contribution in [0.15, 0.2) is 91.7 Å². The molecule has 1 aliphatic rings. The van der Waals surface area contributed by atoms with Crippen molar-refractivity contribution in [1.82, 2.24) is 35.2 Å². The lowest BCUT2D eigenvalue weighted by molar-refractivity contribution is 0.0747. The van der Waals surface area contributed by atoms with Gasteiger partial charge in [-0.3, -0.25) is 19.9 Å². The number of aromatic amines is 1. The van der Waals surface area contributed by atoms with Gasteiger partial charge in [-0.2, -0.15) is 5.10 Å². The molecule has 0 aliphatic carbocycles. The summed E-state index contributed by atoms with van der Waals surface area (Å²) >= 11 is 5.97. The molecule has 0 atom stereocenters. The maximum atomic E-state index is 12.7. The maximum Gasteiger partial charge on any atom is 0.288 e. The molecule has 0 spiro atoms. The minimum atomic E-state index is -0.368. The number of hydrogen-bond acceptors (Lipinski definition) is 6. The molecule has 1 amide bonds. The summed E-state index contributed by atoms with van der Waals surface area (Å²) in [6, 6.07) is 19.2. The van der Waals surface area contributed by atoms with Crippen LogP contribution in [0.1, 0.15) is 10.5 Å². The van der Waals surface area contributed by atoms with Crippen molar-refractivity contribution < 1.29 is 9.53 Å². The van der Waals surface area contributed by atoms with Crippen LogP contribution in [0.4, 0.5) is 0 Å². The monoisotopic (exact) mass is 499 g/mol. The fourth-order valence-corrected chi connectivity index (χ4v) is 3.66. The predicted octanol–water partition coefficient (Wildman–Crippen LogP) is 4.77. The van der Waals surface area contributed by atoms with Gasteiger partial charge in [-0.25, -0.2) is 9.97 Å². The van der Waals surface area contributed by atoms with Gasteiger partial charge in [0.15, 0.2) is 12.6 Å². The number of amides is 1. The molecule has 0 saturated heterocycles. The molecule has 0 fully saturated rings. The van der Waals surface area contributed by atoms with Crippen LogP contribution in [0.25, 0.3) is 33.5 Å². The van der Waals surface area contributed by atoms with Gasteiger partial charge in [-0.15, -0.1) is 0 Å². The third-order valence-corrected chi connectivity index (χ3v) is 5.57. The number of halogens is 1. The Labute approximate surface area is 212 Å². The van der Waals surface area contributed by atoms with Gasteiger partial charge in [-0.05, 0) is 35.7 Å². The highest BCUT2D eigenvalue weighted by Gasteiger charge is 2.17. The van der Waals surface area contributed by atoms with Gasteiger partial charge in [0.05, 0.1) is 23.7 Å². The highest BCUT2D eigenvalue weighted by atomic mass is 35.5. The first kappa shape index (κ1) is 23.1. The Morgan fingerprint density at radius 1 is 1.08 bits per heavy atom. The summed E-state index contributed by atoms with van der Waals surface area (Å²) in [6.07, 6.45) is 8.52. The standard InChI is InChI=1S/C18H15ClN6O2.C8H7N/c1-24-10-13(9-20-24)17-21-15(12-2-4-14(19)5-3-12)8-16(22-17)18(26)23-25-6-7-27-11-25;1-2-4-8-7(3-1)5-6-9-8/h2-10H,11H2,1H3,(H,23,26);1-6,9H. The van der Waals surface area contributed by atoms with Crippen molar-refractivity contribution >= 4 is 28.4 Å². The molecule has 9 nitrogen and oxygen atoms in total. The highest BCUT2D eigenvalue weighted by Crippen LogP contribution is 2.24. The van der Waals surface area contributed by atoms with Crippen molar-refractivity contribution in [3.63, 3.8) is 0 Å². The summed E-state index contributed by atoms with van der Waals surface area (Å²) in [5.41, 5.74) is 6.30. The normalized spacial score (nSPS) is 12.2. The second-order valence-electron chi connectivity index (χ2n) is 7.93. The van der Waals surface area contributed by atoms with Crippen molar-refractivity contribution in [2.24, 2.45) is 7.05 Å². The number of aryl methyl sites for hydroxylation is 1. The number of ether oxygens (including phenoxy) is 1. The van der Waals surface area contributed by atoms with E-state index in [4.69, 9.17) is 16.3 Å². The van der Waals surface area contributed by atoms with E-state index in [0.717, 1.165) is 5.56 Å². The number of fused-ring (bicyclic) bond motifs is 1. The first-order valence-corrected chi connectivity index (χ1v) is 11.4. The summed E-state index contributed by atoms with van der Waals surface area (Å²) in [6.45, 7) is 0.246. The molecule has 3 aromatic heterocycles. The van der Waals surface area contributed by atoms with Crippen LogP contribution in [0.3, 0.4) is 0 Å². The van der Waals surface area contributed by atoms with Crippen LogP contribution < -0.4 is 5.43 Å². The van der Waals surface area contributed by atoms with Crippen molar-refractivity contribution in [3.8, 4) is 22.6 Å². The topological polar surface area (TPSA) is 101 Å². The SMILES string of the molecule is Cn1cc(-c2nc(C(=O)NN3C=COC3)cc(-c3ccc(Cl)cc3)n2)cn1.c1ccc2[nH]ccc2c1. The molecule has 2 N–H and O–H groups in total. The van der Waals surface area contributed by atoms with Crippen LogP contribution >= 0.6 is 11.6 Å². The largest absolute Gasteiger partial charge is 0.477 e. The van der Waals surface area contributed by atoms with E-state index in [1.54, 1.807) is 48.5 Å². The second-order valence-corrected chi connectivity index (χ2v) is 8.36. The number of hydrazine groups is 1. The molecule has 10 heteroatoms. The van der Waals surface area contributed by atoms with E-state index in [0.29, 0.717) is 22.1 Å². The summed E-state index contributed by atoms with van der Waals surface area (Å²) in [5, 5.41) is 7.57. The number of para-hydroxylation sites is 1. The fraction of sp³-hybridized carbons (Fsp3) is 0.0769. The molecule has 5 aromatic rings. The molecule has 0 unspecified atom stereocenters. The van der Waals surface area contributed by atoms with Crippen molar-refractivity contribution in [2.75, 3.05) is 6.73 Å². The summed E-state index contributed by atoms with van der Waals surface area (Å²) in [7, 11) is 1.81. The lowest BCUT2D eigenvalue weighted by Gasteiger charge is -2.15. The first-order valence-electron chi connectivity index (χ1n) is 11.1. The van der Waals surface area contributed by atoms with Gasteiger partial charge in [-0.1, -0.05) is 41.9 Å². The molecule has 0 radical (unpaired) electrons. The zero-order valence-electron chi connectivity index (χ0n) is 19.3. The number of hydrogen-bond donors (Lipinski definition) is 2. The zero-order chi connectivity index (χ0) is 24.9. The molecule has 2 aromatic carbocycles. The minimum absolute atomic E-state index is 0.231. The first-order chi connectivity index (χ1) is 17.5. The van der Waals surface area contributed by atoms with Crippen LogP contribution in [-0.2, 0) is 11.8 Å². The van der Waals surface area contributed by atoms with E-state index in [-0.39, 0.29) is 18.3 Å². The number of rotatable bonds is 4. The summed E-state index contributed by atoms with van der Waals surface area (Å²) in [4.78, 5) is 24.8. The van der Waals surface area contributed by atoms with Gasteiger partial charge in [0.25, 0.3) is 5.91 Å². The Kier molecular flexibility index (Phi) is 6.63. The molecule has 180 valence electrons.